The maximum atomic E-state index is 9.75. The van der Waals surface area contributed by atoms with Crippen LogP contribution in [0.5, 0.6) is 0 Å². The Labute approximate surface area is 77.4 Å². The fourth-order valence-corrected chi connectivity index (χ4v) is 1.57. The smallest absolute Gasteiger partial charge is 0.0922 e. The zero-order valence-corrected chi connectivity index (χ0v) is 7.58. The molecule has 0 saturated heterocycles. The molecular formula is C9H15N3O. The van der Waals surface area contributed by atoms with Gasteiger partial charge in [-0.2, -0.15) is 0 Å². The van der Waals surface area contributed by atoms with Gasteiger partial charge in [0, 0.05) is 25.0 Å². The van der Waals surface area contributed by atoms with Crippen molar-refractivity contribution in [1.29, 1.82) is 0 Å². The largest absolute Gasteiger partial charge is 0.389 e. The van der Waals surface area contributed by atoms with Gasteiger partial charge in [0.2, 0.25) is 0 Å². The molecule has 1 aromatic heterocycles. The Morgan fingerprint density at radius 2 is 2.46 bits per heavy atom. The summed E-state index contributed by atoms with van der Waals surface area (Å²) >= 11 is 0. The Morgan fingerprint density at radius 3 is 3.00 bits per heavy atom. The van der Waals surface area contributed by atoms with Crippen molar-refractivity contribution < 1.29 is 5.11 Å². The zero-order chi connectivity index (χ0) is 9.15. The number of nitrogens with one attached hydrogen (secondary N) is 2. The summed E-state index contributed by atoms with van der Waals surface area (Å²) in [5.41, 5.74) is 0.628. The maximum Gasteiger partial charge on any atom is 0.0922 e. The summed E-state index contributed by atoms with van der Waals surface area (Å²) in [7, 11) is 0. The lowest BCUT2D eigenvalue weighted by Crippen LogP contribution is -2.46. The summed E-state index contributed by atoms with van der Waals surface area (Å²) < 4.78 is 0. The summed E-state index contributed by atoms with van der Waals surface area (Å²) in [5, 5.41) is 13.0. The van der Waals surface area contributed by atoms with Crippen LogP contribution < -0.4 is 5.32 Å². The molecule has 0 unspecified atom stereocenters. The Hall–Kier alpha value is -0.870. The molecule has 0 amide bonds. The van der Waals surface area contributed by atoms with Crippen LogP contribution in [0.3, 0.4) is 0 Å². The molecule has 2 rings (SSSR count). The Morgan fingerprint density at radius 1 is 1.62 bits per heavy atom. The molecule has 1 heterocycles. The van der Waals surface area contributed by atoms with Crippen LogP contribution in [0, 0.1) is 0 Å². The summed E-state index contributed by atoms with van der Waals surface area (Å²) in [6, 6.07) is 0. The zero-order valence-electron chi connectivity index (χ0n) is 7.58. The van der Waals surface area contributed by atoms with Crippen LogP contribution in [0.25, 0.3) is 0 Å². The molecule has 1 saturated carbocycles. The van der Waals surface area contributed by atoms with E-state index in [-0.39, 0.29) is 0 Å². The topological polar surface area (TPSA) is 60.9 Å². The van der Waals surface area contributed by atoms with Crippen molar-refractivity contribution in [3.63, 3.8) is 0 Å². The molecule has 0 aromatic carbocycles. The van der Waals surface area contributed by atoms with Gasteiger partial charge in [-0.05, 0) is 19.3 Å². The second-order valence-electron chi connectivity index (χ2n) is 3.76. The van der Waals surface area contributed by atoms with Crippen molar-refractivity contribution in [2.24, 2.45) is 0 Å². The molecule has 1 aliphatic rings. The number of rotatable bonds is 4. The van der Waals surface area contributed by atoms with Gasteiger partial charge in [-0.1, -0.05) is 0 Å². The highest BCUT2D eigenvalue weighted by molar-refractivity contribution is 4.95. The summed E-state index contributed by atoms with van der Waals surface area (Å²) in [6.07, 6.45) is 6.47. The molecule has 0 radical (unpaired) electrons. The van der Waals surface area contributed by atoms with Crippen LogP contribution in [-0.4, -0.2) is 27.2 Å². The molecule has 0 bridgehead atoms. The first-order chi connectivity index (χ1) is 6.29. The van der Waals surface area contributed by atoms with Gasteiger partial charge in [0.25, 0.3) is 0 Å². The number of H-pyrrole nitrogens is 1. The number of hydrogen-bond acceptors (Lipinski definition) is 3. The molecule has 1 aliphatic carbocycles. The average Bonchev–Trinajstić information content (AvgIpc) is 2.54. The summed E-state index contributed by atoms with van der Waals surface area (Å²) in [6.45, 7) is 1.44. The van der Waals surface area contributed by atoms with Crippen LogP contribution in [-0.2, 0) is 6.54 Å². The predicted molar refractivity (Wildman–Crippen MR) is 49.1 cm³/mol. The van der Waals surface area contributed by atoms with Gasteiger partial charge in [0.15, 0.2) is 0 Å². The van der Waals surface area contributed by atoms with Crippen LogP contribution in [0.1, 0.15) is 25.0 Å². The van der Waals surface area contributed by atoms with Gasteiger partial charge in [0.1, 0.15) is 0 Å². The minimum Gasteiger partial charge on any atom is -0.389 e. The van der Waals surface area contributed by atoms with Crippen molar-refractivity contribution in [3.8, 4) is 0 Å². The van der Waals surface area contributed by atoms with Gasteiger partial charge in [0.05, 0.1) is 11.9 Å². The number of aromatic nitrogens is 2. The van der Waals surface area contributed by atoms with Gasteiger partial charge < -0.3 is 15.4 Å². The molecule has 4 nitrogen and oxygen atoms in total. The van der Waals surface area contributed by atoms with E-state index in [0.29, 0.717) is 6.54 Å². The maximum absolute atomic E-state index is 9.75. The van der Waals surface area contributed by atoms with E-state index >= 15 is 0 Å². The average molecular weight is 181 g/mol. The van der Waals surface area contributed by atoms with E-state index in [1.807, 2.05) is 0 Å². The highest BCUT2D eigenvalue weighted by Gasteiger charge is 2.33. The fourth-order valence-electron chi connectivity index (χ4n) is 1.57. The minimum absolute atomic E-state index is 0.431. The first-order valence-corrected chi connectivity index (χ1v) is 4.69. The lowest BCUT2D eigenvalue weighted by molar-refractivity contribution is -0.0315. The first-order valence-electron chi connectivity index (χ1n) is 4.69. The van der Waals surface area contributed by atoms with Crippen LogP contribution in [0.15, 0.2) is 12.5 Å². The van der Waals surface area contributed by atoms with E-state index < -0.39 is 5.60 Å². The van der Waals surface area contributed by atoms with Crippen molar-refractivity contribution in [3.05, 3.63) is 18.2 Å². The van der Waals surface area contributed by atoms with Gasteiger partial charge >= 0.3 is 0 Å². The monoisotopic (exact) mass is 181 g/mol. The van der Waals surface area contributed by atoms with E-state index in [2.05, 4.69) is 15.3 Å². The third-order valence-electron chi connectivity index (χ3n) is 2.61. The van der Waals surface area contributed by atoms with E-state index in [4.69, 9.17) is 0 Å². The van der Waals surface area contributed by atoms with Gasteiger partial charge in [-0.15, -0.1) is 0 Å². The molecule has 1 aromatic rings. The van der Waals surface area contributed by atoms with Crippen molar-refractivity contribution >= 4 is 0 Å². The second kappa shape index (κ2) is 3.47. The summed E-state index contributed by atoms with van der Waals surface area (Å²) in [5.74, 6) is 0. The van der Waals surface area contributed by atoms with Crippen molar-refractivity contribution in [1.82, 2.24) is 15.3 Å². The molecule has 1 fully saturated rings. The van der Waals surface area contributed by atoms with Gasteiger partial charge in [-0.3, -0.25) is 0 Å². The molecule has 72 valence electrons. The molecule has 0 aliphatic heterocycles. The molecule has 3 N–H and O–H groups in total. The van der Waals surface area contributed by atoms with E-state index in [1.165, 1.54) is 0 Å². The lowest BCUT2D eigenvalue weighted by Gasteiger charge is -2.36. The molecular weight excluding hydrogens is 166 g/mol. The Bertz CT molecular complexity index is 254. The number of nitrogens with zero attached hydrogens (tertiary/aromatic N) is 1. The third-order valence-corrected chi connectivity index (χ3v) is 2.61. The van der Waals surface area contributed by atoms with Crippen LogP contribution in [0.2, 0.25) is 0 Å². The third kappa shape index (κ3) is 2.08. The Balaban J connectivity index is 1.69. The highest BCUT2D eigenvalue weighted by atomic mass is 16.3. The molecule has 0 spiro atoms. The molecule has 4 heteroatoms. The Kier molecular flexibility index (Phi) is 2.33. The number of aromatic amines is 1. The van der Waals surface area contributed by atoms with Crippen molar-refractivity contribution in [2.45, 2.75) is 31.4 Å². The van der Waals surface area contributed by atoms with E-state index in [1.54, 1.807) is 12.5 Å². The SMILES string of the molecule is OC1(CNCc2cnc[nH]2)CCC1. The lowest BCUT2D eigenvalue weighted by atomic mass is 9.80. The normalized spacial score (nSPS) is 19.8. The standard InChI is InChI=1S/C9H15N3O/c13-9(2-1-3-9)6-10-4-8-5-11-7-12-8/h5,7,10,13H,1-4,6H2,(H,11,12). The predicted octanol–water partition coefficient (Wildman–Crippen LogP) is 0.414. The van der Waals surface area contributed by atoms with E-state index in [9.17, 15) is 5.11 Å². The number of imidazole rings is 1. The fraction of sp³-hybridized carbons (Fsp3) is 0.667. The van der Waals surface area contributed by atoms with Crippen LogP contribution in [0.4, 0.5) is 0 Å². The second-order valence-corrected chi connectivity index (χ2v) is 3.76. The quantitative estimate of drug-likeness (QED) is 0.630. The first kappa shape index (κ1) is 8.72. The highest BCUT2D eigenvalue weighted by Crippen LogP contribution is 2.30. The van der Waals surface area contributed by atoms with Crippen LogP contribution >= 0.6 is 0 Å². The van der Waals surface area contributed by atoms with E-state index in [0.717, 1.165) is 31.5 Å². The molecule has 13 heavy (non-hydrogen) atoms. The number of hydrogen-bond donors (Lipinski definition) is 3. The number of aliphatic hydroxyl groups is 1. The molecule has 0 atom stereocenters. The minimum atomic E-state index is -0.431. The summed E-state index contributed by atoms with van der Waals surface area (Å²) in [4.78, 5) is 6.92. The van der Waals surface area contributed by atoms with Crippen molar-refractivity contribution in [2.75, 3.05) is 6.54 Å². The van der Waals surface area contributed by atoms with Gasteiger partial charge in [-0.25, -0.2) is 4.98 Å².